The first-order valence-corrected chi connectivity index (χ1v) is 2.95. The van der Waals surface area contributed by atoms with Crippen LogP contribution in [0.4, 0.5) is 5.69 Å². The largest absolute Gasteiger partial charge is 1.00 e. The average molecular weight is 184 g/mol. The monoisotopic (exact) mass is 183 g/mol. The normalized spacial score (nSPS) is 8.20. The van der Waals surface area contributed by atoms with Gasteiger partial charge in [0.1, 0.15) is 0 Å². The number of hydrogen-bond acceptors (Lipinski definition) is 1. The Bertz CT molecular complexity index is 172. The maximum Gasteiger partial charge on any atom is 1.00 e. The van der Waals surface area contributed by atoms with Crippen LogP contribution in [0.1, 0.15) is 0 Å². The summed E-state index contributed by atoms with van der Waals surface area (Å²) >= 11 is 0. The van der Waals surface area contributed by atoms with Crippen LogP contribution in [0.2, 0.25) is 0 Å². The fourth-order valence-corrected chi connectivity index (χ4v) is 0.662. The van der Waals surface area contributed by atoms with Crippen LogP contribution in [0, 0.1) is 6.07 Å². The van der Waals surface area contributed by atoms with E-state index < -0.39 is 0 Å². The molecular weight excluding hydrogens is 174 g/mol. The molecule has 0 aliphatic heterocycles. The molecule has 0 spiro atoms. The van der Waals surface area contributed by atoms with Gasteiger partial charge in [0.25, 0.3) is 0 Å². The first kappa shape index (κ1) is 9.54. The van der Waals surface area contributed by atoms with Gasteiger partial charge in [-0.1, -0.05) is 5.69 Å². The molecule has 0 radical (unpaired) electrons. The number of nitrogens with zero attached hydrogens (tertiary/aromatic N) is 1. The van der Waals surface area contributed by atoms with Crippen LogP contribution in [0.25, 0.3) is 0 Å². The Kier molecular flexibility index (Phi) is 4.17. The van der Waals surface area contributed by atoms with E-state index in [4.69, 9.17) is 0 Å². The smallest absolute Gasteiger partial charge is 0.400 e. The van der Waals surface area contributed by atoms with E-state index in [-0.39, 0.29) is 17.1 Å². The maximum absolute atomic E-state index is 3.09. The summed E-state index contributed by atoms with van der Waals surface area (Å²) in [4.78, 5) is 2.03. The summed E-state index contributed by atoms with van der Waals surface area (Å²) in [5.41, 5.74) is 1.12. The summed E-state index contributed by atoms with van der Waals surface area (Å²) in [7, 11) is 4.01. The number of rotatable bonds is 1. The molecule has 2 heteroatoms. The Morgan fingerprint density at radius 3 is 2.30 bits per heavy atom. The van der Waals surface area contributed by atoms with E-state index in [9.17, 15) is 0 Å². The van der Waals surface area contributed by atoms with Gasteiger partial charge in [0, 0.05) is 14.1 Å². The molecule has 0 N–H and O–H groups in total. The van der Waals surface area contributed by atoms with Crippen molar-refractivity contribution in [3.05, 3.63) is 30.3 Å². The second-order valence-electron chi connectivity index (χ2n) is 2.14. The Balaban J connectivity index is 0.000000810. The first-order chi connectivity index (χ1) is 4.30. The fourth-order valence-electron chi connectivity index (χ4n) is 0.662. The third-order valence-corrected chi connectivity index (χ3v) is 1.17. The second kappa shape index (κ2) is 4.37. The van der Waals surface area contributed by atoms with Crippen LogP contribution >= 0.6 is 0 Å². The SMILES string of the molecule is CN(C)c1[c-]cccc1.[Cu+]. The Morgan fingerprint density at radius 1 is 1.30 bits per heavy atom. The van der Waals surface area contributed by atoms with Crippen LogP contribution in [-0.4, -0.2) is 14.1 Å². The van der Waals surface area contributed by atoms with Gasteiger partial charge in [0.2, 0.25) is 0 Å². The van der Waals surface area contributed by atoms with Gasteiger partial charge in [0.15, 0.2) is 0 Å². The third-order valence-electron chi connectivity index (χ3n) is 1.17. The quantitative estimate of drug-likeness (QED) is 0.472. The van der Waals surface area contributed by atoms with E-state index in [1.165, 1.54) is 0 Å². The van der Waals surface area contributed by atoms with Crippen LogP contribution < -0.4 is 4.90 Å². The van der Waals surface area contributed by atoms with Gasteiger partial charge in [-0.15, -0.1) is 6.07 Å². The molecule has 1 nitrogen and oxygen atoms in total. The van der Waals surface area contributed by atoms with Gasteiger partial charge in [-0.25, -0.2) is 0 Å². The van der Waals surface area contributed by atoms with E-state index in [0.717, 1.165) is 5.69 Å². The molecule has 0 atom stereocenters. The molecule has 0 unspecified atom stereocenters. The molecular formula is C8H10CuN. The van der Waals surface area contributed by atoms with Gasteiger partial charge < -0.3 is 4.90 Å². The van der Waals surface area contributed by atoms with Crippen molar-refractivity contribution in [1.82, 2.24) is 0 Å². The summed E-state index contributed by atoms with van der Waals surface area (Å²) in [5, 5.41) is 0. The molecule has 0 bridgehead atoms. The minimum atomic E-state index is 0. The predicted molar refractivity (Wildman–Crippen MR) is 39.6 cm³/mol. The first-order valence-electron chi connectivity index (χ1n) is 2.95. The van der Waals surface area contributed by atoms with Crippen molar-refractivity contribution in [2.24, 2.45) is 0 Å². The van der Waals surface area contributed by atoms with E-state index >= 15 is 0 Å². The Hall–Kier alpha value is -0.461. The molecule has 1 aromatic rings. The Labute approximate surface area is 72.5 Å². The summed E-state index contributed by atoms with van der Waals surface area (Å²) in [5.74, 6) is 0. The minimum absolute atomic E-state index is 0. The van der Waals surface area contributed by atoms with Crippen molar-refractivity contribution in [3.8, 4) is 0 Å². The summed E-state index contributed by atoms with van der Waals surface area (Å²) in [6.45, 7) is 0. The van der Waals surface area contributed by atoms with Crippen molar-refractivity contribution < 1.29 is 17.1 Å². The Morgan fingerprint density at radius 2 is 2.00 bits per heavy atom. The number of hydrogen-bond donors (Lipinski definition) is 0. The molecule has 58 valence electrons. The fraction of sp³-hybridized carbons (Fsp3) is 0.250. The van der Waals surface area contributed by atoms with Crippen molar-refractivity contribution >= 4 is 5.69 Å². The molecule has 0 aromatic heterocycles. The number of anilines is 1. The van der Waals surface area contributed by atoms with Crippen LogP contribution in [0.5, 0.6) is 0 Å². The summed E-state index contributed by atoms with van der Waals surface area (Å²) in [6.07, 6.45) is 0. The van der Waals surface area contributed by atoms with Crippen molar-refractivity contribution in [1.29, 1.82) is 0 Å². The van der Waals surface area contributed by atoms with Crippen molar-refractivity contribution in [2.75, 3.05) is 19.0 Å². The molecule has 0 aliphatic carbocycles. The number of para-hydroxylation sites is 1. The van der Waals surface area contributed by atoms with Gasteiger partial charge in [-0.3, -0.25) is 0 Å². The van der Waals surface area contributed by atoms with Crippen molar-refractivity contribution in [2.45, 2.75) is 0 Å². The third kappa shape index (κ3) is 2.42. The van der Waals surface area contributed by atoms with Crippen molar-refractivity contribution in [3.63, 3.8) is 0 Å². The molecule has 0 saturated carbocycles. The summed E-state index contributed by atoms with van der Waals surface area (Å²) < 4.78 is 0. The van der Waals surface area contributed by atoms with E-state index in [2.05, 4.69) is 6.07 Å². The van der Waals surface area contributed by atoms with Gasteiger partial charge in [0.05, 0.1) is 0 Å². The standard InChI is InChI=1S/C8H10N.Cu/c1-9(2)8-6-4-3-5-7-8;/h3-6H,1-2H3;/q-1;+1. The molecule has 0 heterocycles. The number of benzene rings is 1. The van der Waals surface area contributed by atoms with E-state index in [0.29, 0.717) is 0 Å². The van der Waals surface area contributed by atoms with Crippen LogP contribution in [-0.2, 0) is 17.1 Å². The topological polar surface area (TPSA) is 3.24 Å². The van der Waals surface area contributed by atoms with E-state index in [1.54, 1.807) is 0 Å². The van der Waals surface area contributed by atoms with Gasteiger partial charge in [-0.05, 0) is 0 Å². The van der Waals surface area contributed by atoms with E-state index in [1.807, 2.05) is 43.3 Å². The molecule has 1 aromatic carbocycles. The van der Waals surface area contributed by atoms with Gasteiger partial charge in [-0.2, -0.15) is 24.3 Å². The average Bonchev–Trinajstić information content (AvgIpc) is 1.90. The van der Waals surface area contributed by atoms with Crippen LogP contribution in [0.3, 0.4) is 0 Å². The maximum atomic E-state index is 3.09. The summed E-state index contributed by atoms with van der Waals surface area (Å²) in [6, 6.07) is 11.0. The molecule has 10 heavy (non-hydrogen) atoms. The van der Waals surface area contributed by atoms with Crippen LogP contribution in [0.15, 0.2) is 24.3 Å². The molecule has 0 saturated heterocycles. The zero-order valence-corrected chi connectivity index (χ0v) is 7.00. The zero-order chi connectivity index (χ0) is 6.69. The minimum Gasteiger partial charge on any atom is -0.400 e. The molecule has 0 aliphatic rings. The molecule has 0 amide bonds. The zero-order valence-electron chi connectivity index (χ0n) is 6.06. The molecule has 1 rings (SSSR count). The van der Waals surface area contributed by atoms with Gasteiger partial charge >= 0.3 is 17.1 Å². The predicted octanol–water partition coefficient (Wildman–Crippen LogP) is 1.55. The molecule has 0 fully saturated rings. The second-order valence-corrected chi connectivity index (χ2v) is 2.14.